The van der Waals surface area contributed by atoms with Gasteiger partial charge < -0.3 is 9.47 Å². The molecule has 2 nitrogen and oxygen atoms in total. The van der Waals surface area contributed by atoms with Gasteiger partial charge in [0, 0.05) is 5.92 Å². The monoisotopic (exact) mass is 238 g/mol. The molecule has 0 aromatic rings. The Balaban J connectivity index is 2.15. The highest BCUT2D eigenvalue weighted by molar-refractivity contribution is 5.09. The fraction of sp³-hybridized carbons (Fsp3) is 0.867. The lowest BCUT2D eigenvalue weighted by molar-refractivity contribution is -0.103. The second-order valence-corrected chi connectivity index (χ2v) is 6.74. The highest BCUT2D eigenvalue weighted by Crippen LogP contribution is 2.32. The summed E-state index contributed by atoms with van der Waals surface area (Å²) in [6, 6.07) is 0. The Morgan fingerprint density at radius 3 is 2.06 bits per heavy atom. The molecule has 0 unspecified atom stereocenters. The van der Waals surface area contributed by atoms with E-state index in [0.717, 1.165) is 12.8 Å². The van der Waals surface area contributed by atoms with Crippen molar-refractivity contribution in [2.45, 2.75) is 71.7 Å². The molecule has 1 saturated carbocycles. The molecule has 0 aliphatic heterocycles. The maximum Gasteiger partial charge on any atom is 0.108 e. The van der Waals surface area contributed by atoms with Crippen LogP contribution in [0, 0.1) is 17.8 Å². The van der Waals surface area contributed by atoms with E-state index in [1.807, 2.05) is 20.8 Å². The molecule has 0 heterocycles. The lowest BCUT2D eigenvalue weighted by Crippen LogP contribution is -2.36. The predicted octanol–water partition coefficient (Wildman–Crippen LogP) is 3.40. The molecule has 1 fully saturated rings. The zero-order valence-corrected chi connectivity index (χ0v) is 12.1. The summed E-state index contributed by atoms with van der Waals surface area (Å²) in [5.74, 6) is 6.86. The van der Waals surface area contributed by atoms with Crippen LogP contribution in [0.15, 0.2) is 0 Å². The van der Waals surface area contributed by atoms with Gasteiger partial charge in [0.1, 0.15) is 6.61 Å². The molecule has 0 N–H and O–H groups in total. The van der Waals surface area contributed by atoms with E-state index >= 15 is 0 Å². The summed E-state index contributed by atoms with van der Waals surface area (Å²) < 4.78 is 11.4. The lowest BCUT2D eigenvalue weighted by Gasteiger charge is -2.37. The van der Waals surface area contributed by atoms with Crippen LogP contribution in [0.5, 0.6) is 0 Å². The molecule has 2 heteroatoms. The van der Waals surface area contributed by atoms with Crippen molar-refractivity contribution in [2.75, 3.05) is 6.61 Å². The van der Waals surface area contributed by atoms with E-state index in [4.69, 9.17) is 9.47 Å². The van der Waals surface area contributed by atoms with E-state index < -0.39 is 0 Å². The first kappa shape index (κ1) is 14.5. The van der Waals surface area contributed by atoms with E-state index in [1.165, 1.54) is 0 Å². The molecule has 17 heavy (non-hydrogen) atoms. The molecule has 0 amide bonds. The molecule has 1 aliphatic rings. The zero-order chi connectivity index (χ0) is 13.1. The van der Waals surface area contributed by atoms with E-state index in [2.05, 4.69) is 32.6 Å². The molecule has 0 saturated heterocycles. The van der Waals surface area contributed by atoms with Crippen molar-refractivity contribution >= 4 is 0 Å². The number of hydrogen-bond acceptors (Lipinski definition) is 2. The van der Waals surface area contributed by atoms with Crippen molar-refractivity contribution in [1.29, 1.82) is 0 Å². The number of hydrogen-bond donors (Lipinski definition) is 0. The van der Waals surface area contributed by atoms with Crippen molar-refractivity contribution in [3.63, 3.8) is 0 Å². The van der Waals surface area contributed by atoms with Gasteiger partial charge in [-0.15, -0.1) is 0 Å². The topological polar surface area (TPSA) is 18.5 Å². The Bertz CT molecular complexity index is 290. The van der Waals surface area contributed by atoms with E-state index in [-0.39, 0.29) is 11.2 Å². The van der Waals surface area contributed by atoms with Crippen LogP contribution in [0.25, 0.3) is 0 Å². The normalized spacial score (nSPS) is 24.8. The second-order valence-electron chi connectivity index (χ2n) is 6.74. The predicted molar refractivity (Wildman–Crippen MR) is 70.8 cm³/mol. The molecule has 0 aromatic heterocycles. The van der Waals surface area contributed by atoms with Crippen LogP contribution in [0.1, 0.15) is 54.4 Å². The quantitative estimate of drug-likeness (QED) is 0.686. The summed E-state index contributed by atoms with van der Waals surface area (Å²) in [6.45, 7) is 13.0. The largest absolute Gasteiger partial charge is 0.373 e. The van der Waals surface area contributed by atoms with Crippen LogP contribution < -0.4 is 0 Å². The third-order valence-corrected chi connectivity index (χ3v) is 2.50. The van der Waals surface area contributed by atoms with Gasteiger partial charge in [-0.1, -0.05) is 11.8 Å². The van der Waals surface area contributed by atoms with E-state index in [0.29, 0.717) is 18.6 Å². The first-order valence-corrected chi connectivity index (χ1v) is 6.46. The fourth-order valence-corrected chi connectivity index (χ4v) is 1.72. The summed E-state index contributed by atoms with van der Waals surface area (Å²) in [5, 5.41) is 0. The first-order valence-electron chi connectivity index (χ1n) is 6.46. The van der Waals surface area contributed by atoms with Crippen molar-refractivity contribution in [1.82, 2.24) is 0 Å². The van der Waals surface area contributed by atoms with Gasteiger partial charge in [-0.3, -0.25) is 0 Å². The highest BCUT2D eigenvalue weighted by Gasteiger charge is 2.31. The molecular weight excluding hydrogens is 212 g/mol. The van der Waals surface area contributed by atoms with Crippen LogP contribution in [-0.2, 0) is 9.47 Å². The van der Waals surface area contributed by atoms with Gasteiger partial charge in [0.2, 0.25) is 0 Å². The van der Waals surface area contributed by atoms with Gasteiger partial charge in [0.05, 0.1) is 17.3 Å². The Morgan fingerprint density at radius 1 is 1.00 bits per heavy atom. The maximum absolute atomic E-state index is 5.87. The third kappa shape index (κ3) is 6.71. The second kappa shape index (κ2) is 5.42. The standard InChI is InChI=1S/C15H26O2/c1-14(2,3)16-9-7-8-12-10-13(11-12)17-15(4,5)6/h12-13H,9-11H2,1-6H3. The molecule has 0 radical (unpaired) electrons. The van der Waals surface area contributed by atoms with Gasteiger partial charge >= 0.3 is 0 Å². The SMILES string of the molecule is CC(C)(C)OCC#CC1CC(OC(C)(C)C)C1. The minimum atomic E-state index is -0.0911. The number of rotatable bonds is 2. The maximum atomic E-state index is 5.87. The molecule has 98 valence electrons. The molecule has 0 spiro atoms. The molecule has 1 aliphatic carbocycles. The molecule has 0 bridgehead atoms. The van der Waals surface area contributed by atoms with Gasteiger partial charge in [0.25, 0.3) is 0 Å². The highest BCUT2D eigenvalue weighted by atomic mass is 16.5. The summed E-state index contributed by atoms with van der Waals surface area (Å²) in [4.78, 5) is 0. The summed E-state index contributed by atoms with van der Waals surface area (Å²) in [7, 11) is 0. The summed E-state index contributed by atoms with van der Waals surface area (Å²) >= 11 is 0. The van der Waals surface area contributed by atoms with Crippen molar-refractivity contribution in [3.05, 3.63) is 0 Å². The number of ether oxygens (including phenoxy) is 2. The Kier molecular flexibility index (Phi) is 4.63. The van der Waals surface area contributed by atoms with Gasteiger partial charge in [0.15, 0.2) is 0 Å². The van der Waals surface area contributed by atoms with Crippen LogP contribution in [-0.4, -0.2) is 23.9 Å². The zero-order valence-electron chi connectivity index (χ0n) is 12.1. The molecular formula is C15H26O2. The van der Waals surface area contributed by atoms with E-state index in [9.17, 15) is 0 Å². The van der Waals surface area contributed by atoms with E-state index in [1.54, 1.807) is 0 Å². The van der Waals surface area contributed by atoms with Crippen LogP contribution >= 0.6 is 0 Å². The average molecular weight is 238 g/mol. The molecule has 0 aromatic carbocycles. The van der Waals surface area contributed by atoms with Crippen LogP contribution in [0.3, 0.4) is 0 Å². The van der Waals surface area contributed by atoms with Crippen molar-refractivity contribution < 1.29 is 9.47 Å². The summed E-state index contributed by atoms with van der Waals surface area (Å²) in [5.41, 5.74) is -0.120. The Labute approximate surface area is 106 Å². The Hall–Kier alpha value is -0.520. The average Bonchev–Trinajstić information content (AvgIpc) is 2.03. The molecule has 1 rings (SSSR count). The van der Waals surface area contributed by atoms with Gasteiger partial charge in [-0.05, 0) is 54.4 Å². The van der Waals surface area contributed by atoms with Gasteiger partial charge in [-0.2, -0.15) is 0 Å². The summed E-state index contributed by atoms with van der Waals surface area (Å²) in [6.07, 6.45) is 2.54. The minimum absolute atomic E-state index is 0.0294. The van der Waals surface area contributed by atoms with Gasteiger partial charge in [-0.25, -0.2) is 0 Å². The van der Waals surface area contributed by atoms with Crippen LogP contribution in [0.2, 0.25) is 0 Å². The first-order chi connectivity index (χ1) is 7.66. The van der Waals surface area contributed by atoms with Crippen molar-refractivity contribution in [3.8, 4) is 11.8 Å². The minimum Gasteiger partial charge on any atom is -0.373 e. The molecule has 0 atom stereocenters. The Morgan fingerprint density at radius 2 is 1.59 bits per heavy atom. The van der Waals surface area contributed by atoms with Crippen molar-refractivity contribution in [2.24, 2.45) is 5.92 Å². The van der Waals surface area contributed by atoms with Crippen LogP contribution in [0.4, 0.5) is 0 Å². The third-order valence-electron chi connectivity index (χ3n) is 2.50. The lowest BCUT2D eigenvalue weighted by atomic mass is 9.82. The fourth-order valence-electron chi connectivity index (χ4n) is 1.72. The smallest absolute Gasteiger partial charge is 0.108 e.